The largest absolute Gasteiger partial charge is 0.289 e. The van der Waals surface area contributed by atoms with Crippen molar-refractivity contribution in [2.75, 3.05) is 5.75 Å². The molecule has 2 heteroatoms. The van der Waals surface area contributed by atoms with Gasteiger partial charge in [0.15, 0.2) is 5.78 Å². The maximum absolute atomic E-state index is 12.6. The normalized spacial score (nSPS) is 11.3. The van der Waals surface area contributed by atoms with Crippen molar-refractivity contribution < 1.29 is 4.79 Å². The molecule has 0 bridgehead atoms. The molecule has 0 amide bonds. The van der Waals surface area contributed by atoms with Crippen LogP contribution in [0.1, 0.15) is 98.2 Å². The summed E-state index contributed by atoms with van der Waals surface area (Å²) >= 11 is 1.94. The van der Waals surface area contributed by atoms with Crippen LogP contribution in [0, 0.1) is 13.8 Å². The Morgan fingerprint density at radius 1 is 0.774 bits per heavy atom. The van der Waals surface area contributed by atoms with Crippen molar-refractivity contribution in [1.82, 2.24) is 0 Å². The quantitative estimate of drug-likeness (QED) is 0.120. The zero-order valence-corrected chi connectivity index (χ0v) is 20.6. The number of thioether (sulfide) groups is 1. The molecule has 0 atom stereocenters. The van der Waals surface area contributed by atoms with Crippen molar-refractivity contribution in [3.63, 3.8) is 0 Å². The zero-order chi connectivity index (χ0) is 22.3. The lowest BCUT2D eigenvalue weighted by atomic mass is 9.98. The molecule has 2 rings (SSSR count). The van der Waals surface area contributed by atoms with E-state index >= 15 is 0 Å². The van der Waals surface area contributed by atoms with Crippen LogP contribution >= 0.6 is 11.8 Å². The summed E-state index contributed by atoms with van der Waals surface area (Å²) in [5.41, 5.74) is 3.96. The zero-order valence-electron chi connectivity index (χ0n) is 19.8. The standard InChI is InChI=1S/C29H40OS/c1-4-5-6-7-8-9-10-11-12-13-23-31-27-20-17-26(18-21-27)19-22-28(30)29-24(2)15-14-16-25(29)3/h14-22H,4-13,23H2,1-3H3. The van der Waals surface area contributed by atoms with Crippen LogP contribution in [0.5, 0.6) is 0 Å². The van der Waals surface area contributed by atoms with E-state index in [1.807, 2.05) is 49.9 Å². The van der Waals surface area contributed by atoms with E-state index in [0.29, 0.717) is 0 Å². The lowest BCUT2D eigenvalue weighted by Gasteiger charge is -2.05. The van der Waals surface area contributed by atoms with Gasteiger partial charge in [-0.15, -0.1) is 11.8 Å². The van der Waals surface area contributed by atoms with Crippen LogP contribution in [0.25, 0.3) is 6.08 Å². The third-order valence-electron chi connectivity index (χ3n) is 5.80. The number of ketones is 1. The van der Waals surface area contributed by atoms with Crippen LogP contribution in [-0.4, -0.2) is 11.5 Å². The fraction of sp³-hybridized carbons (Fsp3) is 0.483. The van der Waals surface area contributed by atoms with Gasteiger partial charge in [-0.2, -0.15) is 0 Å². The summed E-state index contributed by atoms with van der Waals surface area (Å²) in [6.07, 6.45) is 17.5. The average molecular weight is 437 g/mol. The summed E-state index contributed by atoms with van der Waals surface area (Å²) < 4.78 is 0. The Kier molecular flexibility index (Phi) is 12.4. The maximum Gasteiger partial charge on any atom is 0.186 e. The molecule has 1 nitrogen and oxygen atoms in total. The van der Waals surface area contributed by atoms with E-state index in [1.165, 1.54) is 74.9 Å². The Hall–Kier alpha value is -1.80. The minimum absolute atomic E-state index is 0.0787. The molecule has 0 aliphatic heterocycles. The molecule has 0 spiro atoms. The van der Waals surface area contributed by atoms with E-state index in [-0.39, 0.29) is 5.78 Å². The van der Waals surface area contributed by atoms with Crippen molar-refractivity contribution >= 4 is 23.6 Å². The van der Waals surface area contributed by atoms with Gasteiger partial charge in [-0.1, -0.05) is 101 Å². The van der Waals surface area contributed by atoms with E-state index in [9.17, 15) is 4.79 Å². The van der Waals surface area contributed by atoms with Gasteiger partial charge in [-0.3, -0.25) is 4.79 Å². The van der Waals surface area contributed by atoms with Crippen molar-refractivity contribution in [1.29, 1.82) is 0 Å². The third kappa shape index (κ3) is 9.91. The number of benzene rings is 2. The predicted octanol–water partition coefficient (Wildman–Crippen LogP) is 9.21. The number of carbonyl (C=O) groups is 1. The fourth-order valence-electron chi connectivity index (χ4n) is 3.91. The van der Waals surface area contributed by atoms with Crippen LogP contribution in [0.2, 0.25) is 0 Å². The van der Waals surface area contributed by atoms with E-state index < -0.39 is 0 Å². The smallest absolute Gasteiger partial charge is 0.186 e. The molecular weight excluding hydrogens is 396 g/mol. The number of aryl methyl sites for hydroxylation is 2. The van der Waals surface area contributed by atoms with Gasteiger partial charge in [-0.05, 0) is 60.9 Å². The van der Waals surface area contributed by atoms with Crippen LogP contribution in [0.15, 0.2) is 53.4 Å². The number of hydrogen-bond donors (Lipinski definition) is 0. The highest BCUT2D eigenvalue weighted by Crippen LogP contribution is 2.22. The number of allylic oxidation sites excluding steroid dienone is 1. The lowest BCUT2D eigenvalue weighted by Crippen LogP contribution is -2.00. The average Bonchev–Trinajstić information content (AvgIpc) is 2.77. The molecule has 0 heterocycles. The van der Waals surface area contributed by atoms with Gasteiger partial charge in [0.05, 0.1) is 0 Å². The van der Waals surface area contributed by atoms with Gasteiger partial charge in [0.25, 0.3) is 0 Å². The minimum Gasteiger partial charge on any atom is -0.289 e. The molecule has 0 saturated heterocycles. The molecule has 0 aromatic heterocycles. The van der Waals surface area contributed by atoms with Gasteiger partial charge in [-0.25, -0.2) is 0 Å². The summed E-state index contributed by atoms with van der Waals surface area (Å²) in [5, 5.41) is 0. The van der Waals surface area contributed by atoms with Crippen molar-refractivity contribution in [3.05, 3.63) is 70.8 Å². The molecule has 31 heavy (non-hydrogen) atoms. The Bertz CT molecular complexity index is 784. The molecule has 0 saturated carbocycles. The number of carbonyl (C=O) groups excluding carboxylic acids is 1. The molecule has 2 aromatic carbocycles. The highest BCUT2D eigenvalue weighted by atomic mass is 32.2. The predicted molar refractivity (Wildman–Crippen MR) is 138 cm³/mol. The number of rotatable bonds is 15. The second kappa shape index (κ2) is 15.1. The van der Waals surface area contributed by atoms with Crippen molar-refractivity contribution in [2.45, 2.75) is 89.9 Å². The van der Waals surface area contributed by atoms with Crippen LogP contribution in [-0.2, 0) is 0 Å². The minimum atomic E-state index is 0.0787. The number of hydrogen-bond acceptors (Lipinski definition) is 2. The van der Waals surface area contributed by atoms with Crippen LogP contribution in [0.3, 0.4) is 0 Å². The van der Waals surface area contributed by atoms with E-state index in [0.717, 1.165) is 22.3 Å². The summed E-state index contributed by atoms with van der Waals surface area (Å²) in [6.45, 7) is 6.27. The van der Waals surface area contributed by atoms with Gasteiger partial charge in [0.1, 0.15) is 0 Å². The summed E-state index contributed by atoms with van der Waals surface area (Å²) in [4.78, 5) is 13.9. The third-order valence-corrected chi connectivity index (χ3v) is 6.90. The Labute approximate surface area is 194 Å². The summed E-state index contributed by atoms with van der Waals surface area (Å²) in [5.74, 6) is 1.27. The van der Waals surface area contributed by atoms with Gasteiger partial charge in [0.2, 0.25) is 0 Å². The highest BCUT2D eigenvalue weighted by Gasteiger charge is 2.08. The molecule has 0 radical (unpaired) electrons. The fourth-order valence-corrected chi connectivity index (χ4v) is 4.83. The maximum atomic E-state index is 12.6. The summed E-state index contributed by atoms with van der Waals surface area (Å²) in [7, 11) is 0. The summed E-state index contributed by atoms with van der Waals surface area (Å²) in [6, 6.07) is 14.5. The molecule has 0 fully saturated rings. The van der Waals surface area contributed by atoms with E-state index in [4.69, 9.17) is 0 Å². The van der Waals surface area contributed by atoms with Gasteiger partial charge in [0, 0.05) is 10.5 Å². The van der Waals surface area contributed by atoms with Crippen LogP contribution in [0.4, 0.5) is 0 Å². The molecule has 0 unspecified atom stereocenters. The first-order valence-corrected chi connectivity index (χ1v) is 13.1. The van der Waals surface area contributed by atoms with Gasteiger partial charge < -0.3 is 0 Å². The molecule has 168 valence electrons. The van der Waals surface area contributed by atoms with Gasteiger partial charge >= 0.3 is 0 Å². The molecule has 0 N–H and O–H groups in total. The monoisotopic (exact) mass is 436 g/mol. The molecule has 2 aromatic rings. The Balaban J connectivity index is 1.64. The SMILES string of the molecule is CCCCCCCCCCCCSc1ccc(C=CC(=O)c2c(C)cccc2C)cc1. The molecule has 0 aliphatic carbocycles. The van der Waals surface area contributed by atoms with Crippen molar-refractivity contribution in [3.8, 4) is 0 Å². The highest BCUT2D eigenvalue weighted by molar-refractivity contribution is 7.99. The first-order chi connectivity index (χ1) is 15.1. The van der Waals surface area contributed by atoms with E-state index in [1.54, 1.807) is 6.08 Å². The second-order valence-corrected chi connectivity index (χ2v) is 9.73. The van der Waals surface area contributed by atoms with E-state index in [2.05, 4.69) is 31.2 Å². The lowest BCUT2D eigenvalue weighted by molar-refractivity contribution is 0.104. The first-order valence-electron chi connectivity index (χ1n) is 12.1. The van der Waals surface area contributed by atoms with Crippen LogP contribution < -0.4 is 0 Å². The topological polar surface area (TPSA) is 17.1 Å². The number of unbranched alkanes of at least 4 members (excludes halogenated alkanes) is 9. The Morgan fingerprint density at radius 2 is 1.32 bits per heavy atom. The Morgan fingerprint density at radius 3 is 1.90 bits per heavy atom. The molecular formula is C29H40OS. The second-order valence-electron chi connectivity index (χ2n) is 8.56. The first kappa shape index (κ1) is 25.5. The molecule has 0 aliphatic rings. The van der Waals surface area contributed by atoms with Crippen molar-refractivity contribution in [2.24, 2.45) is 0 Å².